The van der Waals surface area contributed by atoms with Gasteiger partial charge >= 0.3 is 0 Å². The van der Waals surface area contributed by atoms with Gasteiger partial charge in [-0.15, -0.1) is 11.8 Å². The Morgan fingerprint density at radius 2 is 2.00 bits per heavy atom. The highest BCUT2D eigenvalue weighted by molar-refractivity contribution is 7.99. The lowest BCUT2D eigenvalue weighted by Crippen LogP contribution is -2.22. The molecule has 0 saturated heterocycles. The van der Waals surface area contributed by atoms with Crippen LogP contribution in [0, 0.1) is 17.2 Å². The molecule has 134 valence electrons. The van der Waals surface area contributed by atoms with Crippen molar-refractivity contribution < 1.29 is 9.90 Å². The molecule has 4 nitrogen and oxygen atoms in total. The second-order valence-electron chi connectivity index (χ2n) is 6.48. The van der Waals surface area contributed by atoms with Gasteiger partial charge in [-0.1, -0.05) is 23.2 Å². The third-order valence-electron chi connectivity index (χ3n) is 4.41. The molecule has 0 heterocycles. The van der Waals surface area contributed by atoms with Crippen LogP contribution in [0.1, 0.15) is 36.0 Å². The van der Waals surface area contributed by atoms with Crippen LogP contribution in [0.25, 0.3) is 0 Å². The third-order valence-corrected chi connectivity index (χ3v) is 6.69. The molecular formula is C18H20Cl2N2O2S. The first-order valence-corrected chi connectivity index (χ1v) is 10.0. The number of carbonyl (C=O) groups excluding carboxylic acids is 1. The maximum absolute atomic E-state index is 13.0. The largest absolute Gasteiger partial charge is 0.494 e. The number of nitrogens with one attached hydrogen (secondary N) is 2. The van der Waals surface area contributed by atoms with Gasteiger partial charge in [0.1, 0.15) is 5.57 Å². The number of ketones is 1. The smallest absolute Gasteiger partial charge is 0.201 e. The summed E-state index contributed by atoms with van der Waals surface area (Å²) in [6, 6.07) is 3.22. The number of hydrogen-bond donors (Lipinski definition) is 3. The summed E-state index contributed by atoms with van der Waals surface area (Å²) in [4.78, 5) is 13.7. The minimum absolute atomic E-state index is 0.00707. The van der Waals surface area contributed by atoms with Crippen LogP contribution >= 0.6 is 35.0 Å². The molecule has 3 rings (SSSR count). The molecule has 7 heteroatoms. The second kappa shape index (κ2) is 7.60. The quantitative estimate of drug-likeness (QED) is 0.187. The number of aliphatic hydroxyl groups excluding tert-OH is 1. The number of rotatable bonds is 8. The highest BCUT2D eigenvalue weighted by Gasteiger charge is 2.34. The maximum atomic E-state index is 13.0. The Hall–Kier alpha value is -1.17. The van der Waals surface area contributed by atoms with E-state index in [1.807, 2.05) is 0 Å². The molecule has 25 heavy (non-hydrogen) atoms. The Kier molecular flexibility index (Phi) is 5.66. The van der Waals surface area contributed by atoms with E-state index in [0.717, 1.165) is 18.6 Å². The van der Waals surface area contributed by atoms with Crippen LogP contribution in [0.15, 0.2) is 28.5 Å². The van der Waals surface area contributed by atoms with Crippen LogP contribution in [-0.4, -0.2) is 29.4 Å². The lowest BCUT2D eigenvalue weighted by Gasteiger charge is -2.14. The van der Waals surface area contributed by atoms with Gasteiger partial charge < -0.3 is 15.8 Å². The number of benzene rings is 1. The van der Waals surface area contributed by atoms with Gasteiger partial charge in [0.15, 0.2) is 5.88 Å². The minimum atomic E-state index is -0.446. The first kappa shape index (κ1) is 18.6. The van der Waals surface area contributed by atoms with Crippen molar-refractivity contribution in [1.29, 1.82) is 5.41 Å². The van der Waals surface area contributed by atoms with Crippen LogP contribution in [0.5, 0.6) is 0 Å². The topological polar surface area (TPSA) is 73.2 Å². The summed E-state index contributed by atoms with van der Waals surface area (Å²) in [5.74, 6) is 0.922. The molecule has 0 unspecified atom stereocenters. The molecule has 2 fully saturated rings. The van der Waals surface area contributed by atoms with E-state index in [-0.39, 0.29) is 28.6 Å². The molecule has 0 amide bonds. The summed E-state index contributed by atoms with van der Waals surface area (Å²) in [5.41, 5.74) is 0.425. The van der Waals surface area contributed by atoms with Gasteiger partial charge in [-0.05, 0) is 43.7 Å². The Bertz CT molecular complexity index is 756. The molecule has 3 N–H and O–H groups in total. The summed E-state index contributed by atoms with van der Waals surface area (Å²) >= 11 is 14.3. The van der Waals surface area contributed by atoms with E-state index < -0.39 is 5.78 Å². The third kappa shape index (κ3) is 4.15. The Morgan fingerprint density at radius 1 is 1.32 bits per heavy atom. The van der Waals surface area contributed by atoms with Gasteiger partial charge in [0.2, 0.25) is 5.78 Å². The number of allylic oxidation sites excluding steroid dienone is 1. The summed E-state index contributed by atoms with van der Waals surface area (Å²) in [7, 11) is 1.52. The van der Waals surface area contributed by atoms with Gasteiger partial charge in [-0.2, -0.15) is 0 Å². The van der Waals surface area contributed by atoms with Gasteiger partial charge in [-0.25, -0.2) is 0 Å². The molecular weight excluding hydrogens is 379 g/mol. The zero-order valence-electron chi connectivity index (χ0n) is 13.9. The molecule has 2 aliphatic carbocycles. The van der Waals surface area contributed by atoms with Gasteiger partial charge in [0.05, 0.1) is 15.8 Å². The highest BCUT2D eigenvalue weighted by atomic mass is 35.5. The Balaban J connectivity index is 1.94. The summed E-state index contributed by atoms with van der Waals surface area (Å²) in [5, 5.41) is 21.8. The van der Waals surface area contributed by atoms with Crippen molar-refractivity contribution in [3.05, 3.63) is 39.2 Å². The van der Waals surface area contributed by atoms with Crippen LogP contribution in [-0.2, 0) is 0 Å². The summed E-state index contributed by atoms with van der Waals surface area (Å²) in [6.07, 6.45) is 4.18. The lowest BCUT2D eigenvalue weighted by atomic mass is 9.97. The highest BCUT2D eigenvalue weighted by Crippen LogP contribution is 2.42. The fourth-order valence-corrected chi connectivity index (χ4v) is 4.48. The first-order valence-electron chi connectivity index (χ1n) is 8.29. The van der Waals surface area contributed by atoms with Crippen molar-refractivity contribution in [3.63, 3.8) is 0 Å². The summed E-state index contributed by atoms with van der Waals surface area (Å²) in [6.45, 7) is 0. The molecule has 0 spiro atoms. The second-order valence-corrected chi connectivity index (χ2v) is 8.30. The van der Waals surface area contributed by atoms with Crippen molar-refractivity contribution in [1.82, 2.24) is 5.32 Å². The average Bonchev–Trinajstić information content (AvgIpc) is 3.47. The van der Waals surface area contributed by atoms with E-state index in [0.29, 0.717) is 20.9 Å². The van der Waals surface area contributed by atoms with Crippen LogP contribution in [0.4, 0.5) is 0 Å². The molecule has 1 aromatic rings. The Morgan fingerprint density at radius 3 is 2.56 bits per heavy atom. The monoisotopic (exact) mass is 398 g/mol. The zero-order valence-corrected chi connectivity index (χ0v) is 16.2. The number of Topliss-reactive ketones (excluding diaryl/α,β-unsaturated/α-hetero) is 1. The van der Waals surface area contributed by atoms with E-state index in [4.69, 9.17) is 28.6 Å². The van der Waals surface area contributed by atoms with E-state index >= 15 is 0 Å². The molecule has 0 bridgehead atoms. The fraction of sp³-hybridized carbons (Fsp3) is 0.444. The van der Waals surface area contributed by atoms with Gasteiger partial charge in [-0.3, -0.25) is 4.79 Å². The van der Waals surface area contributed by atoms with E-state index in [2.05, 4.69) is 5.32 Å². The van der Waals surface area contributed by atoms with E-state index in [1.54, 1.807) is 23.9 Å². The number of aliphatic hydroxyl groups is 1. The molecule has 1 aromatic carbocycles. The fourth-order valence-electron chi connectivity index (χ4n) is 2.52. The normalized spacial score (nSPS) is 17.9. The van der Waals surface area contributed by atoms with Crippen molar-refractivity contribution in [2.24, 2.45) is 11.8 Å². The maximum Gasteiger partial charge on any atom is 0.201 e. The number of carbonyl (C=O) groups is 1. The van der Waals surface area contributed by atoms with E-state index in [9.17, 15) is 9.90 Å². The zero-order chi connectivity index (χ0) is 18.1. The van der Waals surface area contributed by atoms with Crippen molar-refractivity contribution >= 4 is 46.5 Å². The molecule has 2 saturated carbocycles. The van der Waals surface area contributed by atoms with Gasteiger partial charge in [0, 0.05) is 29.2 Å². The lowest BCUT2D eigenvalue weighted by molar-refractivity contribution is 0.103. The molecule has 0 atom stereocenters. The van der Waals surface area contributed by atoms with Crippen molar-refractivity contribution in [2.45, 2.75) is 30.6 Å². The minimum Gasteiger partial charge on any atom is -0.494 e. The number of hydrogen-bond acceptors (Lipinski definition) is 5. The predicted molar refractivity (Wildman–Crippen MR) is 103 cm³/mol. The standard InChI is InChI=1S/C18H20Cl2N2O2S/c1-22-18(24)13(15(21)10-4-5-10)16(23)11-6-7-12(19)17(14(11)20)25-8-9-2-3-9/h6-7,9-10,21-22,24H,2-5,8H2,1H3/b18-13-,21-15?. The SMILES string of the molecule is CN/C(O)=C(\C(=N)C1CC1)C(=O)c1ccc(Cl)c(SCC2CC2)c1Cl. The summed E-state index contributed by atoms with van der Waals surface area (Å²) < 4.78 is 0. The van der Waals surface area contributed by atoms with Crippen molar-refractivity contribution in [2.75, 3.05) is 12.8 Å². The van der Waals surface area contributed by atoms with Crippen molar-refractivity contribution in [3.8, 4) is 0 Å². The number of thioether (sulfide) groups is 1. The van der Waals surface area contributed by atoms with Crippen LogP contribution in [0.2, 0.25) is 10.0 Å². The average molecular weight is 399 g/mol. The van der Waals surface area contributed by atoms with Crippen LogP contribution in [0.3, 0.4) is 0 Å². The number of halogens is 2. The van der Waals surface area contributed by atoms with E-state index in [1.165, 1.54) is 19.9 Å². The predicted octanol–water partition coefficient (Wildman–Crippen LogP) is 5.10. The van der Waals surface area contributed by atoms with Gasteiger partial charge in [0.25, 0.3) is 0 Å². The molecule has 0 aromatic heterocycles. The molecule has 2 aliphatic rings. The molecule has 0 radical (unpaired) electrons. The van der Waals surface area contributed by atoms with Crippen LogP contribution < -0.4 is 5.32 Å². The Labute approximate surface area is 161 Å². The first-order chi connectivity index (χ1) is 11.9. The molecule has 0 aliphatic heterocycles.